The summed E-state index contributed by atoms with van der Waals surface area (Å²) in [6, 6.07) is 44.8. The highest BCUT2D eigenvalue weighted by molar-refractivity contribution is 6.14. The van der Waals surface area contributed by atoms with Crippen LogP contribution in [0.1, 0.15) is 46.1 Å². The Morgan fingerprint density at radius 2 is 0.676 bits per heavy atom. The molecule has 6 aromatic carbocycles. The van der Waals surface area contributed by atoms with Crippen LogP contribution in [-0.2, 0) is 0 Å². The van der Waals surface area contributed by atoms with Crippen LogP contribution in [-0.4, -0.2) is 0 Å². The van der Waals surface area contributed by atoms with E-state index in [0.29, 0.717) is 0 Å². The van der Waals surface area contributed by atoms with Gasteiger partial charge in [0.1, 0.15) is 0 Å². The average molecular weight is 485 g/mol. The van der Waals surface area contributed by atoms with Gasteiger partial charge in [-0.1, -0.05) is 168 Å². The Labute approximate surface area is 223 Å². The first-order chi connectivity index (χ1) is 18.2. The number of benzene rings is 6. The van der Waals surface area contributed by atoms with Gasteiger partial charge in [-0.05, 0) is 55.9 Å². The van der Waals surface area contributed by atoms with Gasteiger partial charge in [-0.3, -0.25) is 0 Å². The van der Waals surface area contributed by atoms with Gasteiger partial charge in [-0.2, -0.15) is 0 Å². The highest BCUT2D eigenvalue weighted by Crippen LogP contribution is 2.38. The fraction of sp³-hybridized carbons (Fsp3) is 0.189. The van der Waals surface area contributed by atoms with E-state index < -0.39 is 0 Å². The van der Waals surface area contributed by atoms with E-state index in [4.69, 9.17) is 0 Å². The smallest absolute Gasteiger partial charge is 0.00266 e. The number of aryl methyl sites for hydroxylation is 1. The summed E-state index contributed by atoms with van der Waals surface area (Å²) >= 11 is 0. The lowest BCUT2D eigenvalue weighted by Gasteiger charge is -2.15. The van der Waals surface area contributed by atoms with Crippen LogP contribution >= 0.6 is 0 Å². The molecule has 188 valence electrons. The summed E-state index contributed by atoms with van der Waals surface area (Å²) in [4.78, 5) is 0. The molecule has 0 spiro atoms. The van der Waals surface area contributed by atoms with Gasteiger partial charge in [-0.25, -0.2) is 0 Å². The Kier molecular flexibility index (Phi) is 10.9. The van der Waals surface area contributed by atoms with Crippen LogP contribution in [0.25, 0.3) is 43.4 Å². The zero-order valence-corrected chi connectivity index (χ0v) is 23.0. The lowest BCUT2D eigenvalue weighted by molar-refractivity contribution is 1.09. The van der Waals surface area contributed by atoms with Crippen molar-refractivity contribution in [2.75, 3.05) is 0 Å². The molecule has 0 aliphatic carbocycles. The molecule has 0 heterocycles. The summed E-state index contributed by atoms with van der Waals surface area (Å²) in [7, 11) is 0. The predicted molar refractivity (Wildman–Crippen MR) is 168 cm³/mol. The van der Waals surface area contributed by atoms with Gasteiger partial charge in [0.15, 0.2) is 0 Å². The largest absolute Gasteiger partial charge is 0.0656 e. The monoisotopic (exact) mass is 484 g/mol. The fourth-order valence-electron chi connectivity index (χ4n) is 4.40. The first-order valence-electron chi connectivity index (χ1n) is 13.5. The Balaban J connectivity index is 0.000000197. The third kappa shape index (κ3) is 7.08. The second-order valence-electron chi connectivity index (χ2n) is 9.22. The summed E-state index contributed by atoms with van der Waals surface area (Å²) in [5.41, 5.74) is 3.98. The van der Waals surface area contributed by atoms with E-state index >= 15 is 0 Å². The number of hydrogen-bond acceptors (Lipinski definition) is 0. The second-order valence-corrected chi connectivity index (χ2v) is 9.22. The minimum atomic E-state index is 1.25. The van der Waals surface area contributed by atoms with Gasteiger partial charge in [0.25, 0.3) is 0 Å². The molecular weight excluding hydrogens is 444 g/mol. The molecular formula is C37H40. The third-order valence-electron chi connectivity index (χ3n) is 5.92. The van der Waals surface area contributed by atoms with Crippen molar-refractivity contribution < 1.29 is 0 Å². The van der Waals surface area contributed by atoms with Crippen molar-refractivity contribution in [2.45, 2.75) is 47.5 Å². The lowest BCUT2D eigenvalue weighted by atomic mass is 9.89. The highest BCUT2D eigenvalue weighted by Gasteiger charge is 2.11. The van der Waals surface area contributed by atoms with Crippen molar-refractivity contribution in [3.8, 4) is 11.1 Å². The summed E-state index contributed by atoms with van der Waals surface area (Å²) < 4.78 is 0. The molecule has 0 fully saturated rings. The highest BCUT2D eigenvalue weighted by atomic mass is 14.1. The molecule has 0 atom stereocenters. The summed E-state index contributed by atoms with van der Waals surface area (Å²) in [6.45, 7) is 10.7. The topological polar surface area (TPSA) is 0 Å². The normalized spacial score (nSPS) is 9.97. The number of fused-ring (bicyclic) bond motifs is 3. The first kappa shape index (κ1) is 27.7. The quantitative estimate of drug-likeness (QED) is 0.204. The molecule has 0 saturated heterocycles. The molecule has 0 aliphatic heterocycles. The SMILES string of the molecule is CCC.CCC.Cc1c2ccccc2c(-c2ccccc2)c2ccccc12.c1ccc2ccccc2c1. The van der Waals surface area contributed by atoms with E-state index in [1.165, 1.54) is 61.8 Å². The molecule has 0 amide bonds. The van der Waals surface area contributed by atoms with Gasteiger partial charge in [-0.15, -0.1) is 0 Å². The standard InChI is InChI=1S/C21H16.C10H8.2C3H8/c1-15-17-11-5-7-13-19(17)21(16-9-3-2-4-10-16)20-14-8-6-12-18(15)20;1-2-6-10-8-4-3-7-9(10)5-1;2*1-3-2/h2-14H,1H3;1-8H;2*3H2,1-2H3. The van der Waals surface area contributed by atoms with E-state index in [1.807, 2.05) is 0 Å². The van der Waals surface area contributed by atoms with Crippen LogP contribution in [0.4, 0.5) is 0 Å². The molecule has 0 nitrogen and oxygen atoms in total. The molecule has 0 N–H and O–H groups in total. The van der Waals surface area contributed by atoms with E-state index in [1.54, 1.807) is 0 Å². The molecule has 0 saturated carbocycles. The second kappa shape index (κ2) is 14.6. The molecule has 0 heteroatoms. The Morgan fingerprint density at radius 1 is 0.378 bits per heavy atom. The van der Waals surface area contributed by atoms with Crippen molar-refractivity contribution in [3.05, 3.63) is 133 Å². The van der Waals surface area contributed by atoms with Gasteiger partial charge in [0.05, 0.1) is 0 Å². The summed E-state index contributed by atoms with van der Waals surface area (Å²) in [6.07, 6.45) is 2.50. The van der Waals surface area contributed by atoms with E-state index in [9.17, 15) is 0 Å². The van der Waals surface area contributed by atoms with Crippen LogP contribution in [0.15, 0.2) is 127 Å². The van der Waals surface area contributed by atoms with Crippen molar-refractivity contribution >= 4 is 32.3 Å². The molecule has 6 rings (SSSR count). The minimum absolute atomic E-state index is 1.25. The van der Waals surface area contributed by atoms with Crippen LogP contribution in [0.2, 0.25) is 0 Å². The molecule has 0 bridgehead atoms. The van der Waals surface area contributed by atoms with Crippen LogP contribution in [0.5, 0.6) is 0 Å². The van der Waals surface area contributed by atoms with Crippen molar-refractivity contribution in [2.24, 2.45) is 0 Å². The summed E-state index contributed by atoms with van der Waals surface area (Å²) in [5.74, 6) is 0. The fourth-order valence-corrected chi connectivity index (χ4v) is 4.40. The van der Waals surface area contributed by atoms with Gasteiger partial charge < -0.3 is 0 Å². The maximum atomic E-state index is 2.23. The minimum Gasteiger partial charge on any atom is -0.0656 e. The van der Waals surface area contributed by atoms with Crippen molar-refractivity contribution in [1.29, 1.82) is 0 Å². The Morgan fingerprint density at radius 3 is 1.05 bits per heavy atom. The van der Waals surface area contributed by atoms with Crippen LogP contribution in [0, 0.1) is 6.92 Å². The maximum Gasteiger partial charge on any atom is -0.00266 e. The molecule has 0 radical (unpaired) electrons. The van der Waals surface area contributed by atoms with Gasteiger partial charge >= 0.3 is 0 Å². The first-order valence-corrected chi connectivity index (χ1v) is 13.5. The third-order valence-corrected chi connectivity index (χ3v) is 5.92. The molecule has 0 aliphatic rings. The van der Waals surface area contributed by atoms with Gasteiger partial charge in [0, 0.05) is 0 Å². The lowest BCUT2D eigenvalue weighted by Crippen LogP contribution is -1.88. The molecule has 6 aromatic rings. The van der Waals surface area contributed by atoms with Crippen LogP contribution in [0.3, 0.4) is 0 Å². The van der Waals surface area contributed by atoms with E-state index in [0.717, 1.165) is 0 Å². The predicted octanol–water partition coefficient (Wildman–Crippen LogP) is 11.6. The zero-order valence-electron chi connectivity index (χ0n) is 23.0. The number of rotatable bonds is 1. The molecule has 0 aromatic heterocycles. The van der Waals surface area contributed by atoms with E-state index in [-0.39, 0.29) is 0 Å². The molecule has 37 heavy (non-hydrogen) atoms. The van der Waals surface area contributed by atoms with Crippen LogP contribution < -0.4 is 0 Å². The van der Waals surface area contributed by atoms with E-state index in [2.05, 4.69) is 162 Å². The Hall–Kier alpha value is -3.90. The summed E-state index contributed by atoms with van der Waals surface area (Å²) in [5, 5.41) is 7.97. The average Bonchev–Trinajstić information content (AvgIpc) is 2.95. The zero-order chi connectivity index (χ0) is 26.5. The van der Waals surface area contributed by atoms with Crippen molar-refractivity contribution in [1.82, 2.24) is 0 Å². The number of hydrogen-bond donors (Lipinski definition) is 0. The Bertz CT molecular complexity index is 1390. The van der Waals surface area contributed by atoms with Crippen molar-refractivity contribution in [3.63, 3.8) is 0 Å². The van der Waals surface area contributed by atoms with Gasteiger partial charge in [0.2, 0.25) is 0 Å². The maximum absolute atomic E-state index is 2.23. The molecule has 0 unspecified atom stereocenters.